The molecule has 2 N–H and O–H groups in total. The molecule has 1 heterocycles. The SMILES string of the molecule is O=C(Nc1ccc(OC2CCCC2)c(F)c1)[C@@H]1CC[C@H](C(=O)O)O1. The normalized spacial score (nSPS) is 24.0. The number of benzene rings is 1. The third-order valence-corrected chi connectivity index (χ3v) is 4.38. The largest absolute Gasteiger partial charge is 0.487 e. The minimum Gasteiger partial charge on any atom is -0.487 e. The van der Waals surface area contributed by atoms with Crippen molar-refractivity contribution in [3.63, 3.8) is 0 Å². The molecule has 7 heteroatoms. The van der Waals surface area contributed by atoms with Crippen molar-refractivity contribution in [1.82, 2.24) is 0 Å². The van der Waals surface area contributed by atoms with Gasteiger partial charge in [-0.05, 0) is 50.7 Å². The molecule has 130 valence electrons. The minimum atomic E-state index is -1.08. The van der Waals surface area contributed by atoms with Gasteiger partial charge >= 0.3 is 5.97 Å². The summed E-state index contributed by atoms with van der Waals surface area (Å²) in [5.41, 5.74) is 0.290. The van der Waals surface area contributed by atoms with E-state index in [9.17, 15) is 14.0 Å². The molecule has 24 heavy (non-hydrogen) atoms. The maximum Gasteiger partial charge on any atom is 0.332 e. The number of rotatable bonds is 5. The number of aliphatic carboxylic acids is 1. The molecule has 1 saturated heterocycles. The van der Waals surface area contributed by atoms with Crippen molar-refractivity contribution in [2.24, 2.45) is 0 Å². The van der Waals surface area contributed by atoms with Gasteiger partial charge in [0, 0.05) is 11.8 Å². The van der Waals surface area contributed by atoms with Crippen LogP contribution in [0.1, 0.15) is 38.5 Å². The lowest BCUT2D eigenvalue weighted by molar-refractivity contribution is -0.150. The van der Waals surface area contributed by atoms with Crippen LogP contribution in [-0.4, -0.2) is 35.3 Å². The number of carboxylic acid groups (broad SMARTS) is 1. The number of halogens is 1. The van der Waals surface area contributed by atoms with Gasteiger partial charge in [0.05, 0.1) is 6.10 Å². The number of ether oxygens (including phenoxy) is 2. The molecule has 6 nitrogen and oxygen atoms in total. The van der Waals surface area contributed by atoms with E-state index in [0.29, 0.717) is 12.1 Å². The molecule has 2 fully saturated rings. The molecule has 3 rings (SSSR count). The highest BCUT2D eigenvalue weighted by molar-refractivity contribution is 5.94. The molecule has 1 amide bonds. The highest BCUT2D eigenvalue weighted by atomic mass is 19.1. The molecule has 0 aromatic heterocycles. The molecular formula is C17H20FNO5. The highest BCUT2D eigenvalue weighted by Crippen LogP contribution is 2.28. The van der Waals surface area contributed by atoms with Crippen molar-refractivity contribution in [3.8, 4) is 5.75 Å². The Balaban J connectivity index is 1.58. The van der Waals surface area contributed by atoms with Gasteiger partial charge in [0.25, 0.3) is 5.91 Å². The molecule has 2 atom stereocenters. The average Bonchev–Trinajstić information content (AvgIpc) is 3.21. The summed E-state index contributed by atoms with van der Waals surface area (Å²) in [4.78, 5) is 22.9. The number of carbonyl (C=O) groups excluding carboxylic acids is 1. The van der Waals surface area contributed by atoms with Gasteiger partial charge in [0.2, 0.25) is 0 Å². The Hall–Kier alpha value is -2.15. The van der Waals surface area contributed by atoms with Crippen LogP contribution < -0.4 is 10.1 Å². The molecule has 1 saturated carbocycles. The molecule has 0 bridgehead atoms. The fourth-order valence-corrected chi connectivity index (χ4v) is 3.09. The van der Waals surface area contributed by atoms with Crippen LogP contribution in [0.3, 0.4) is 0 Å². The molecule has 0 unspecified atom stereocenters. The minimum absolute atomic E-state index is 0.0554. The summed E-state index contributed by atoms with van der Waals surface area (Å²) < 4.78 is 24.9. The maximum absolute atomic E-state index is 14.1. The van der Waals surface area contributed by atoms with Crippen LogP contribution >= 0.6 is 0 Å². The van der Waals surface area contributed by atoms with Crippen LogP contribution in [0.15, 0.2) is 18.2 Å². The summed E-state index contributed by atoms with van der Waals surface area (Å²) in [7, 11) is 0. The molecule has 2 aliphatic rings. The lowest BCUT2D eigenvalue weighted by Gasteiger charge is -2.15. The monoisotopic (exact) mass is 337 g/mol. The summed E-state index contributed by atoms with van der Waals surface area (Å²) in [6.45, 7) is 0. The Morgan fingerprint density at radius 2 is 1.88 bits per heavy atom. The number of nitrogens with one attached hydrogen (secondary N) is 1. The van der Waals surface area contributed by atoms with Gasteiger partial charge in [-0.3, -0.25) is 4.79 Å². The predicted molar refractivity (Wildman–Crippen MR) is 83.4 cm³/mol. The zero-order valence-corrected chi connectivity index (χ0v) is 13.2. The van der Waals surface area contributed by atoms with Gasteiger partial charge < -0.3 is 19.9 Å². The second-order valence-electron chi connectivity index (χ2n) is 6.19. The summed E-state index contributed by atoms with van der Waals surface area (Å²) in [5.74, 6) is -1.90. The Labute approximate surface area is 138 Å². The Kier molecular flexibility index (Phi) is 4.99. The van der Waals surface area contributed by atoms with Crippen LogP contribution in [0.5, 0.6) is 5.75 Å². The number of amides is 1. The van der Waals surface area contributed by atoms with Crippen LogP contribution in [0.25, 0.3) is 0 Å². The van der Waals surface area contributed by atoms with E-state index in [4.69, 9.17) is 14.6 Å². The van der Waals surface area contributed by atoms with Crippen LogP contribution in [0.2, 0.25) is 0 Å². The quantitative estimate of drug-likeness (QED) is 0.863. The first kappa shape index (κ1) is 16.7. The molecule has 1 aliphatic heterocycles. The topological polar surface area (TPSA) is 84.9 Å². The number of carbonyl (C=O) groups is 2. The third-order valence-electron chi connectivity index (χ3n) is 4.38. The standard InChI is InChI=1S/C17H20FNO5/c18-12-9-10(5-6-13(12)23-11-3-1-2-4-11)19-16(20)14-7-8-15(24-14)17(21)22/h5-6,9,11,14-15H,1-4,7-8H2,(H,19,20)(H,21,22)/t14-,15+/m0/s1. The summed E-state index contributed by atoms with van der Waals surface area (Å²) in [6.07, 6.45) is 2.94. The van der Waals surface area contributed by atoms with Crippen LogP contribution in [0.4, 0.5) is 10.1 Å². The molecular weight excluding hydrogens is 317 g/mol. The van der Waals surface area contributed by atoms with Crippen molar-refractivity contribution < 1.29 is 28.6 Å². The summed E-state index contributed by atoms with van der Waals surface area (Å²) >= 11 is 0. The second kappa shape index (κ2) is 7.17. The maximum atomic E-state index is 14.1. The van der Waals surface area contributed by atoms with Gasteiger partial charge in [0.1, 0.15) is 6.10 Å². The van der Waals surface area contributed by atoms with Crippen molar-refractivity contribution in [3.05, 3.63) is 24.0 Å². The number of hydrogen-bond acceptors (Lipinski definition) is 4. The third kappa shape index (κ3) is 3.84. The van der Waals surface area contributed by atoms with E-state index in [1.165, 1.54) is 12.1 Å². The van der Waals surface area contributed by atoms with Gasteiger partial charge in [-0.15, -0.1) is 0 Å². The van der Waals surface area contributed by atoms with E-state index in [0.717, 1.165) is 25.7 Å². The van der Waals surface area contributed by atoms with Crippen molar-refractivity contribution in [2.75, 3.05) is 5.32 Å². The second-order valence-corrected chi connectivity index (χ2v) is 6.19. The van der Waals surface area contributed by atoms with Crippen molar-refractivity contribution in [1.29, 1.82) is 0 Å². The molecule has 0 spiro atoms. The zero-order valence-electron chi connectivity index (χ0n) is 13.2. The first-order chi connectivity index (χ1) is 11.5. The molecule has 1 aromatic carbocycles. The van der Waals surface area contributed by atoms with Crippen molar-refractivity contribution in [2.45, 2.75) is 56.8 Å². The number of carboxylic acids is 1. The van der Waals surface area contributed by atoms with Crippen LogP contribution in [-0.2, 0) is 14.3 Å². The summed E-state index contributed by atoms with van der Waals surface area (Å²) in [6, 6.07) is 4.26. The smallest absolute Gasteiger partial charge is 0.332 e. The first-order valence-electron chi connectivity index (χ1n) is 8.18. The fraction of sp³-hybridized carbons (Fsp3) is 0.529. The zero-order chi connectivity index (χ0) is 17.1. The Morgan fingerprint density at radius 3 is 2.50 bits per heavy atom. The number of anilines is 1. The van der Waals surface area contributed by atoms with Gasteiger partial charge in [-0.2, -0.15) is 0 Å². The molecule has 0 radical (unpaired) electrons. The van der Waals surface area contributed by atoms with Gasteiger partial charge in [-0.1, -0.05) is 0 Å². The van der Waals surface area contributed by atoms with E-state index < -0.39 is 29.9 Å². The summed E-state index contributed by atoms with van der Waals surface area (Å²) in [5, 5.41) is 11.4. The van der Waals surface area contributed by atoms with E-state index >= 15 is 0 Å². The molecule has 1 aliphatic carbocycles. The van der Waals surface area contributed by atoms with Gasteiger partial charge in [-0.25, -0.2) is 9.18 Å². The molecule has 1 aromatic rings. The van der Waals surface area contributed by atoms with E-state index in [1.807, 2.05) is 0 Å². The Bertz CT molecular complexity index is 629. The number of hydrogen-bond donors (Lipinski definition) is 2. The average molecular weight is 337 g/mol. The lowest BCUT2D eigenvalue weighted by atomic mass is 10.2. The fourth-order valence-electron chi connectivity index (χ4n) is 3.09. The lowest BCUT2D eigenvalue weighted by Crippen LogP contribution is -2.30. The van der Waals surface area contributed by atoms with E-state index in [1.54, 1.807) is 6.07 Å². The predicted octanol–water partition coefficient (Wildman–Crippen LogP) is 2.72. The van der Waals surface area contributed by atoms with E-state index in [2.05, 4.69) is 5.32 Å². The van der Waals surface area contributed by atoms with Crippen molar-refractivity contribution >= 4 is 17.6 Å². The Morgan fingerprint density at radius 1 is 1.17 bits per heavy atom. The van der Waals surface area contributed by atoms with Gasteiger partial charge in [0.15, 0.2) is 17.7 Å². The highest BCUT2D eigenvalue weighted by Gasteiger charge is 2.34. The van der Waals surface area contributed by atoms with Crippen LogP contribution in [0, 0.1) is 5.82 Å². The first-order valence-corrected chi connectivity index (χ1v) is 8.18. The van der Waals surface area contributed by atoms with E-state index in [-0.39, 0.29) is 18.3 Å².